The predicted octanol–water partition coefficient (Wildman–Crippen LogP) is 1.29. The molecule has 1 aromatic carbocycles. The van der Waals surface area contributed by atoms with Crippen molar-refractivity contribution in [3.05, 3.63) is 69.9 Å². The highest BCUT2D eigenvalue weighted by atomic mass is 32.1. The van der Waals surface area contributed by atoms with E-state index >= 15 is 0 Å². The lowest BCUT2D eigenvalue weighted by atomic mass is 10.3. The van der Waals surface area contributed by atoms with Gasteiger partial charge in [-0.3, -0.25) is 9.59 Å². The van der Waals surface area contributed by atoms with Gasteiger partial charge >= 0.3 is 0 Å². The van der Waals surface area contributed by atoms with E-state index in [1.165, 1.54) is 39.8 Å². The van der Waals surface area contributed by atoms with Crippen molar-refractivity contribution in [2.75, 3.05) is 7.05 Å². The first-order chi connectivity index (χ1) is 13.1. The van der Waals surface area contributed by atoms with Crippen LogP contribution >= 0.6 is 11.3 Å². The minimum atomic E-state index is -0.485. The number of rotatable bonds is 5. The lowest BCUT2D eigenvalue weighted by molar-refractivity contribution is 0.0782. The molecule has 3 heterocycles. The van der Waals surface area contributed by atoms with Crippen molar-refractivity contribution in [1.82, 2.24) is 34.6 Å². The molecule has 0 fully saturated rings. The van der Waals surface area contributed by atoms with Crippen molar-refractivity contribution in [3.8, 4) is 0 Å². The number of benzene rings is 1. The molecule has 136 valence electrons. The van der Waals surface area contributed by atoms with E-state index in [9.17, 15) is 9.59 Å². The number of carbonyl (C=O) groups is 1. The molecule has 0 aliphatic carbocycles. The molecular formula is C17H15N7O2S. The fraction of sp³-hybridized carbons (Fsp3) is 0.176. The summed E-state index contributed by atoms with van der Waals surface area (Å²) >= 11 is 1.52. The highest BCUT2D eigenvalue weighted by Crippen LogP contribution is 2.22. The van der Waals surface area contributed by atoms with Gasteiger partial charge in [0.2, 0.25) is 0 Å². The number of thiazole rings is 1. The van der Waals surface area contributed by atoms with Gasteiger partial charge in [0.25, 0.3) is 11.5 Å². The van der Waals surface area contributed by atoms with Crippen LogP contribution in [-0.4, -0.2) is 47.6 Å². The molecule has 10 heteroatoms. The maximum Gasteiger partial charge on any atom is 0.263 e. The summed E-state index contributed by atoms with van der Waals surface area (Å²) in [6.07, 6.45) is 4.21. The zero-order valence-corrected chi connectivity index (χ0v) is 15.2. The third-order valence-corrected chi connectivity index (χ3v) is 4.94. The number of para-hydroxylation sites is 1. The topological polar surface area (TPSA) is 110 Å². The Morgan fingerprint density at radius 1 is 1.33 bits per heavy atom. The summed E-state index contributed by atoms with van der Waals surface area (Å²) in [5.41, 5.74) is 0.401. The van der Waals surface area contributed by atoms with E-state index in [0.29, 0.717) is 12.4 Å². The van der Waals surface area contributed by atoms with Crippen LogP contribution in [0.15, 0.2) is 47.9 Å². The van der Waals surface area contributed by atoms with Crippen LogP contribution in [0.4, 0.5) is 0 Å². The first-order valence-electron chi connectivity index (χ1n) is 8.10. The molecule has 0 saturated heterocycles. The molecule has 1 N–H and O–H groups in total. The monoisotopic (exact) mass is 381 g/mol. The number of amides is 1. The lowest BCUT2D eigenvalue weighted by Gasteiger charge is -2.15. The minimum Gasteiger partial charge on any atom is -0.335 e. The van der Waals surface area contributed by atoms with Crippen LogP contribution < -0.4 is 5.56 Å². The Bertz CT molecular complexity index is 1120. The van der Waals surface area contributed by atoms with Gasteiger partial charge in [0.1, 0.15) is 35.6 Å². The molecule has 9 nitrogen and oxygen atoms in total. The van der Waals surface area contributed by atoms with Crippen molar-refractivity contribution in [2.24, 2.45) is 0 Å². The second-order valence-corrected chi connectivity index (χ2v) is 7.02. The summed E-state index contributed by atoms with van der Waals surface area (Å²) in [5, 5.41) is 4.76. The molecule has 0 atom stereocenters. The smallest absolute Gasteiger partial charge is 0.263 e. The van der Waals surface area contributed by atoms with Crippen LogP contribution in [-0.2, 0) is 13.1 Å². The van der Waals surface area contributed by atoms with Gasteiger partial charge < -0.3 is 9.88 Å². The van der Waals surface area contributed by atoms with E-state index in [1.54, 1.807) is 7.05 Å². The van der Waals surface area contributed by atoms with Crippen molar-refractivity contribution >= 4 is 27.5 Å². The summed E-state index contributed by atoms with van der Waals surface area (Å²) in [5.74, 6) is -0.00816. The van der Waals surface area contributed by atoms with E-state index in [2.05, 4.69) is 25.0 Å². The predicted molar refractivity (Wildman–Crippen MR) is 99.4 cm³/mol. The number of fused-ring (bicyclic) bond motifs is 1. The van der Waals surface area contributed by atoms with Gasteiger partial charge in [0, 0.05) is 13.2 Å². The average Bonchev–Trinajstić information content (AvgIpc) is 3.30. The van der Waals surface area contributed by atoms with Crippen LogP contribution in [0.2, 0.25) is 0 Å². The first kappa shape index (κ1) is 17.0. The molecule has 4 rings (SSSR count). The second-order valence-electron chi connectivity index (χ2n) is 5.90. The maximum absolute atomic E-state index is 12.6. The largest absolute Gasteiger partial charge is 0.335 e. The van der Waals surface area contributed by atoms with Crippen LogP contribution in [0.3, 0.4) is 0 Å². The molecule has 0 aliphatic rings. The third-order valence-electron chi connectivity index (χ3n) is 3.92. The molecule has 0 bridgehead atoms. The standard InChI is InChI=1S/C17H15N7O2S/c1-23(8-15-21-12-4-2-3-5-13(12)27-15)17(26)11-6-19-14(22-16(11)25)7-24-10-18-9-20-24/h2-6,9-10H,7-8H2,1H3,(H,19,22,25). The zero-order chi connectivity index (χ0) is 18.8. The lowest BCUT2D eigenvalue weighted by Crippen LogP contribution is -2.32. The fourth-order valence-electron chi connectivity index (χ4n) is 2.60. The Morgan fingerprint density at radius 2 is 2.19 bits per heavy atom. The number of hydrogen-bond acceptors (Lipinski definition) is 7. The van der Waals surface area contributed by atoms with Crippen LogP contribution in [0.25, 0.3) is 10.2 Å². The van der Waals surface area contributed by atoms with Crippen molar-refractivity contribution in [2.45, 2.75) is 13.1 Å². The van der Waals surface area contributed by atoms with Crippen LogP contribution in [0.5, 0.6) is 0 Å². The summed E-state index contributed by atoms with van der Waals surface area (Å²) in [7, 11) is 1.64. The molecular weight excluding hydrogens is 366 g/mol. The molecule has 0 aliphatic heterocycles. The first-order valence-corrected chi connectivity index (χ1v) is 8.92. The zero-order valence-electron chi connectivity index (χ0n) is 14.4. The normalized spacial score (nSPS) is 11.0. The van der Waals surface area contributed by atoms with Gasteiger partial charge in [-0.15, -0.1) is 11.3 Å². The molecule has 0 spiro atoms. The van der Waals surface area contributed by atoms with Gasteiger partial charge in [0.15, 0.2) is 0 Å². The molecule has 4 aromatic rings. The SMILES string of the molecule is CN(Cc1nc2ccccc2s1)C(=O)c1cnc(Cn2cncn2)[nH]c1=O. The quantitative estimate of drug-likeness (QED) is 0.558. The third kappa shape index (κ3) is 3.60. The number of hydrogen-bond donors (Lipinski definition) is 1. The molecule has 27 heavy (non-hydrogen) atoms. The van der Waals surface area contributed by atoms with Crippen molar-refractivity contribution in [3.63, 3.8) is 0 Å². The Balaban J connectivity index is 1.50. The van der Waals surface area contributed by atoms with Gasteiger partial charge in [0.05, 0.1) is 16.8 Å². The second kappa shape index (κ2) is 7.08. The van der Waals surface area contributed by atoms with E-state index in [0.717, 1.165) is 15.2 Å². The average molecular weight is 381 g/mol. The summed E-state index contributed by atoms with van der Waals surface area (Å²) in [4.78, 5) is 41.5. The van der Waals surface area contributed by atoms with Gasteiger partial charge in [-0.1, -0.05) is 12.1 Å². The summed E-state index contributed by atoms with van der Waals surface area (Å²) in [6, 6.07) is 7.79. The highest BCUT2D eigenvalue weighted by Gasteiger charge is 2.18. The molecule has 0 saturated carbocycles. The summed E-state index contributed by atoms with van der Waals surface area (Å²) in [6.45, 7) is 0.587. The Labute approximate surface area is 157 Å². The number of aromatic amines is 1. The van der Waals surface area contributed by atoms with Gasteiger partial charge in [-0.25, -0.2) is 19.6 Å². The Morgan fingerprint density at radius 3 is 2.93 bits per heavy atom. The Kier molecular flexibility index (Phi) is 4.47. The van der Waals surface area contributed by atoms with Crippen molar-refractivity contribution < 1.29 is 4.79 Å². The number of carbonyl (C=O) groups excluding carboxylic acids is 1. The fourth-order valence-corrected chi connectivity index (χ4v) is 3.62. The minimum absolute atomic E-state index is 0.0130. The van der Waals surface area contributed by atoms with E-state index in [1.807, 2.05) is 24.3 Å². The number of nitrogens with one attached hydrogen (secondary N) is 1. The van der Waals surface area contributed by atoms with E-state index in [4.69, 9.17) is 0 Å². The van der Waals surface area contributed by atoms with Gasteiger partial charge in [-0.2, -0.15) is 5.10 Å². The maximum atomic E-state index is 12.6. The van der Waals surface area contributed by atoms with E-state index in [-0.39, 0.29) is 12.1 Å². The Hall–Kier alpha value is -3.40. The van der Waals surface area contributed by atoms with Crippen LogP contribution in [0.1, 0.15) is 21.2 Å². The number of nitrogens with zero attached hydrogens (tertiary/aromatic N) is 6. The molecule has 0 radical (unpaired) electrons. The number of H-pyrrole nitrogens is 1. The molecule has 3 aromatic heterocycles. The highest BCUT2D eigenvalue weighted by molar-refractivity contribution is 7.18. The molecule has 0 unspecified atom stereocenters. The number of aromatic nitrogens is 6. The van der Waals surface area contributed by atoms with Crippen molar-refractivity contribution in [1.29, 1.82) is 0 Å². The van der Waals surface area contributed by atoms with E-state index < -0.39 is 11.5 Å². The summed E-state index contributed by atoms with van der Waals surface area (Å²) < 4.78 is 2.59. The van der Waals surface area contributed by atoms with Crippen LogP contribution in [0, 0.1) is 0 Å². The van der Waals surface area contributed by atoms with Gasteiger partial charge in [-0.05, 0) is 12.1 Å². The molecule has 1 amide bonds.